The van der Waals surface area contributed by atoms with Crippen LogP contribution in [0, 0.1) is 0 Å². The molecule has 0 N–H and O–H groups in total. The minimum absolute atomic E-state index is 0.367. The summed E-state index contributed by atoms with van der Waals surface area (Å²) in [5.74, 6) is 0.688. The van der Waals surface area contributed by atoms with Gasteiger partial charge in [0.1, 0.15) is 0 Å². The third kappa shape index (κ3) is 4.73. The average molecular weight is 549 g/mol. The van der Waals surface area contributed by atoms with Crippen molar-refractivity contribution in [3.8, 4) is 44.8 Å². The zero-order valence-electron chi connectivity index (χ0n) is 24.3. The summed E-state index contributed by atoms with van der Waals surface area (Å²) in [5.41, 5.74) is 8.66. The van der Waals surface area contributed by atoms with Crippen LogP contribution in [0.15, 0.2) is 121 Å². The number of nitrogens with zero attached hydrogens (tertiary/aromatic N) is 3. The van der Waals surface area contributed by atoms with Crippen LogP contribution in [0.3, 0.4) is 0 Å². The van der Waals surface area contributed by atoms with Crippen LogP contribution in [0.25, 0.3) is 50.4 Å². The molecule has 7 rings (SSSR count). The second-order valence-electron chi connectivity index (χ2n) is 11.9. The van der Waals surface area contributed by atoms with E-state index in [9.17, 15) is 0 Å². The first-order chi connectivity index (χ1) is 20.3. The van der Waals surface area contributed by atoms with Gasteiger partial charge in [0, 0.05) is 22.9 Å². The second kappa shape index (κ2) is 10.1. The number of hydrogen-bond donors (Lipinski definition) is 0. The van der Waals surface area contributed by atoms with Gasteiger partial charge in [-0.15, -0.1) is 5.10 Å². The number of rotatable bonds is 5. The normalized spacial score (nSPS) is 15.8. The first kappa shape index (κ1) is 26.4. The third-order valence-corrected chi connectivity index (χ3v) is 8.52. The van der Waals surface area contributed by atoms with Crippen LogP contribution in [0.1, 0.15) is 27.7 Å². The Kier molecular flexibility index (Phi) is 6.34. The van der Waals surface area contributed by atoms with Crippen LogP contribution >= 0.6 is 0 Å². The van der Waals surface area contributed by atoms with Crippen molar-refractivity contribution in [2.75, 3.05) is 0 Å². The van der Waals surface area contributed by atoms with E-state index in [2.05, 4.69) is 137 Å². The SMILES string of the molecule is CC1(C)OB(c2ccc(-c3cccc(-c4nc5c(-c6ccccc6)cc(-c6ccccc6)cn5n4)c3)cc2)OC1(C)C. The topological polar surface area (TPSA) is 48.7 Å². The smallest absolute Gasteiger partial charge is 0.399 e. The van der Waals surface area contributed by atoms with Crippen LogP contribution in [-0.4, -0.2) is 32.9 Å². The molecule has 3 heterocycles. The first-order valence-corrected chi connectivity index (χ1v) is 14.4. The van der Waals surface area contributed by atoms with Gasteiger partial charge in [0.05, 0.1) is 11.2 Å². The molecule has 1 fully saturated rings. The zero-order valence-corrected chi connectivity index (χ0v) is 24.3. The summed E-state index contributed by atoms with van der Waals surface area (Å²) in [6, 6.07) is 39.8. The molecule has 0 unspecified atom stereocenters. The lowest BCUT2D eigenvalue weighted by atomic mass is 9.78. The van der Waals surface area contributed by atoms with Gasteiger partial charge in [0.25, 0.3) is 0 Å². The summed E-state index contributed by atoms with van der Waals surface area (Å²) < 4.78 is 14.4. The van der Waals surface area contributed by atoms with Crippen LogP contribution in [-0.2, 0) is 9.31 Å². The standard InChI is InChI=1S/C36H32BN3O2/c1-35(2)36(3,4)42-37(41-35)31-20-18-26(19-21-31)28-16-11-17-29(22-28)33-38-34-32(27-14-9-6-10-15-27)23-30(24-40(34)39-33)25-12-7-5-8-13-25/h5-24H,1-4H3. The Labute approximate surface area is 246 Å². The summed E-state index contributed by atoms with van der Waals surface area (Å²) in [6.07, 6.45) is 2.06. The molecule has 2 aromatic heterocycles. The van der Waals surface area contributed by atoms with E-state index >= 15 is 0 Å². The molecule has 0 amide bonds. The zero-order chi connectivity index (χ0) is 28.9. The van der Waals surface area contributed by atoms with E-state index in [0.29, 0.717) is 5.82 Å². The van der Waals surface area contributed by atoms with E-state index in [-0.39, 0.29) is 18.3 Å². The van der Waals surface area contributed by atoms with E-state index in [1.165, 1.54) is 0 Å². The van der Waals surface area contributed by atoms with Gasteiger partial charge >= 0.3 is 7.12 Å². The molecule has 1 aliphatic heterocycles. The molecule has 1 aliphatic rings. The molecule has 0 spiro atoms. The quantitative estimate of drug-likeness (QED) is 0.207. The summed E-state index contributed by atoms with van der Waals surface area (Å²) in [4.78, 5) is 5.04. The van der Waals surface area contributed by atoms with E-state index in [0.717, 1.165) is 50.1 Å². The summed E-state index contributed by atoms with van der Waals surface area (Å²) in [7, 11) is -0.378. The number of benzene rings is 4. The fraction of sp³-hybridized carbons (Fsp3) is 0.167. The Bertz CT molecular complexity index is 1860. The van der Waals surface area contributed by atoms with Gasteiger partial charge in [-0.25, -0.2) is 9.50 Å². The molecule has 4 aromatic carbocycles. The molecule has 206 valence electrons. The predicted molar refractivity (Wildman–Crippen MR) is 170 cm³/mol. The molecule has 0 aliphatic carbocycles. The Morgan fingerprint density at radius 1 is 0.571 bits per heavy atom. The summed E-state index contributed by atoms with van der Waals surface area (Å²) >= 11 is 0. The van der Waals surface area contributed by atoms with E-state index in [1.807, 2.05) is 16.6 Å². The van der Waals surface area contributed by atoms with Gasteiger partial charge < -0.3 is 9.31 Å². The summed E-state index contributed by atoms with van der Waals surface area (Å²) in [6.45, 7) is 8.30. The molecule has 0 radical (unpaired) electrons. The van der Waals surface area contributed by atoms with E-state index in [1.54, 1.807) is 0 Å². The Morgan fingerprint density at radius 2 is 1.14 bits per heavy atom. The van der Waals surface area contributed by atoms with Gasteiger partial charge in [0.15, 0.2) is 11.5 Å². The van der Waals surface area contributed by atoms with Crippen LogP contribution in [0.5, 0.6) is 0 Å². The highest BCUT2D eigenvalue weighted by atomic mass is 16.7. The van der Waals surface area contributed by atoms with Gasteiger partial charge in [-0.05, 0) is 67.5 Å². The van der Waals surface area contributed by atoms with Crippen molar-refractivity contribution in [1.29, 1.82) is 0 Å². The molecule has 0 bridgehead atoms. The largest absolute Gasteiger partial charge is 0.494 e. The maximum absolute atomic E-state index is 6.24. The Balaban J connectivity index is 1.24. The number of fused-ring (bicyclic) bond motifs is 1. The molecule has 0 saturated carbocycles. The van der Waals surface area contributed by atoms with Crippen LogP contribution in [0.2, 0.25) is 0 Å². The average Bonchev–Trinajstić information content (AvgIpc) is 3.54. The summed E-state index contributed by atoms with van der Waals surface area (Å²) in [5, 5.41) is 4.96. The van der Waals surface area contributed by atoms with Crippen molar-refractivity contribution in [1.82, 2.24) is 14.6 Å². The maximum Gasteiger partial charge on any atom is 0.494 e. The lowest BCUT2D eigenvalue weighted by Gasteiger charge is -2.32. The van der Waals surface area contributed by atoms with Crippen molar-refractivity contribution in [2.45, 2.75) is 38.9 Å². The fourth-order valence-corrected chi connectivity index (χ4v) is 5.38. The molecule has 1 saturated heterocycles. The van der Waals surface area contributed by atoms with Gasteiger partial charge in [-0.1, -0.05) is 103 Å². The van der Waals surface area contributed by atoms with Crippen molar-refractivity contribution < 1.29 is 9.31 Å². The monoisotopic (exact) mass is 549 g/mol. The lowest BCUT2D eigenvalue weighted by Crippen LogP contribution is -2.41. The van der Waals surface area contributed by atoms with Crippen molar-refractivity contribution in [3.05, 3.63) is 121 Å². The van der Waals surface area contributed by atoms with Gasteiger partial charge in [-0.2, -0.15) is 0 Å². The third-order valence-electron chi connectivity index (χ3n) is 8.52. The molecule has 6 heteroatoms. The highest BCUT2D eigenvalue weighted by Crippen LogP contribution is 2.37. The Morgan fingerprint density at radius 3 is 1.81 bits per heavy atom. The predicted octanol–water partition coefficient (Wildman–Crippen LogP) is 7.70. The number of pyridine rings is 1. The molecular weight excluding hydrogens is 517 g/mol. The number of aromatic nitrogens is 3. The van der Waals surface area contributed by atoms with E-state index in [4.69, 9.17) is 19.4 Å². The van der Waals surface area contributed by atoms with Crippen LogP contribution in [0.4, 0.5) is 0 Å². The molecule has 6 aromatic rings. The second-order valence-corrected chi connectivity index (χ2v) is 11.9. The minimum Gasteiger partial charge on any atom is -0.399 e. The Hall–Kier alpha value is -4.52. The van der Waals surface area contributed by atoms with Crippen molar-refractivity contribution in [3.63, 3.8) is 0 Å². The highest BCUT2D eigenvalue weighted by molar-refractivity contribution is 6.62. The molecular formula is C36H32BN3O2. The molecule has 5 nitrogen and oxygen atoms in total. The van der Waals surface area contributed by atoms with Crippen molar-refractivity contribution in [2.24, 2.45) is 0 Å². The lowest BCUT2D eigenvalue weighted by molar-refractivity contribution is 0.00578. The van der Waals surface area contributed by atoms with Gasteiger partial charge in [-0.3, -0.25) is 0 Å². The molecule has 42 heavy (non-hydrogen) atoms. The fourth-order valence-electron chi connectivity index (χ4n) is 5.38. The van der Waals surface area contributed by atoms with Crippen LogP contribution < -0.4 is 5.46 Å². The molecule has 0 atom stereocenters. The maximum atomic E-state index is 6.24. The van der Waals surface area contributed by atoms with Crippen molar-refractivity contribution >= 4 is 18.2 Å². The number of hydrogen-bond acceptors (Lipinski definition) is 4. The first-order valence-electron chi connectivity index (χ1n) is 14.4. The van der Waals surface area contributed by atoms with Gasteiger partial charge in [0.2, 0.25) is 0 Å². The highest BCUT2D eigenvalue weighted by Gasteiger charge is 2.51. The minimum atomic E-state index is -0.378. The van der Waals surface area contributed by atoms with E-state index < -0.39 is 0 Å².